The Balaban J connectivity index is 2.12. The lowest BCUT2D eigenvalue weighted by Gasteiger charge is -2.26. The third-order valence-corrected chi connectivity index (χ3v) is 5.09. The van der Waals surface area contributed by atoms with Gasteiger partial charge in [-0.25, -0.2) is 4.99 Å². The van der Waals surface area contributed by atoms with Crippen LogP contribution in [0.25, 0.3) is 0 Å². The van der Waals surface area contributed by atoms with E-state index in [0.717, 1.165) is 42.8 Å². The fraction of sp³-hybridized carbons (Fsp3) is 0.421. The van der Waals surface area contributed by atoms with Gasteiger partial charge >= 0.3 is 0 Å². The van der Waals surface area contributed by atoms with Gasteiger partial charge in [0.1, 0.15) is 16.6 Å². The highest BCUT2D eigenvalue weighted by atomic mass is 79.9. The number of hydrogen-bond acceptors (Lipinski definition) is 4. The lowest BCUT2D eigenvalue weighted by Crippen LogP contribution is -2.30. The van der Waals surface area contributed by atoms with Gasteiger partial charge in [0.25, 0.3) is 0 Å². The number of benzene rings is 1. The summed E-state index contributed by atoms with van der Waals surface area (Å²) in [4.78, 5) is 11.0. The molecular weight excluding hydrogens is 410 g/mol. The van der Waals surface area contributed by atoms with E-state index in [-0.39, 0.29) is 0 Å². The van der Waals surface area contributed by atoms with Gasteiger partial charge < -0.3 is 14.7 Å². The maximum absolute atomic E-state index is 9.56. The molecule has 1 saturated heterocycles. The van der Waals surface area contributed by atoms with E-state index < -0.39 is 0 Å². The zero-order valence-corrected chi connectivity index (χ0v) is 17.8. The summed E-state index contributed by atoms with van der Waals surface area (Å²) in [6.45, 7) is 5.63. The summed E-state index contributed by atoms with van der Waals surface area (Å²) < 4.78 is 1.09. The molecule has 138 valence electrons. The van der Waals surface area contributed by atoms with E-state index in [1.807, 2.05) is 21.0 Å². The second kappa shape index (κ2) is 9.70. The number of hydrogen-bond donors (Lipinski definition) is 0. The summed E-state index contributed by atoms with van der Waals surface area (Å²) in [5.41, 5.74) is 2.62. The minimum Gasteiger partial charge on any atom is -0.372 e. The van der Waals surface area contributed by atoms with Gasteiger partial charge in [-0.05, 0) is 37.6 Å². The van der Waals surface area contributed by atoms with Gasteiger partial charge in [-0.2, -0.15) is 5.26 Å². The van der Waals surface area contributed by atoms with E-state index in [9.17, 15) is 5.26 Å². The molecule has 1 aromatic carbocycles. The maximum Gasteiger partial charge on any atom is 0.147 e. The Kier molecular flexibility index (Phi) is 7.61. The molecular formula is C19H24BrN5S. The van der Waals surface area contributed by atoms with Crippen molar-refractivity contribution < 1.29 is 0 Å². The van der Waals surface area contributed by atoms with Gasteiger partial charge in [-0.3, -0.25) is 0 Å². The van der Waals surface area contributed by atoms with E-state index in [4.69, 9.17) is 12.2 Å². The van der Waals surface area contributed by atoms with Crippen molar-refractivity contribution in [2.45, 2.75) is 13.3 Å². The molecule has 1 aliphatic heterocycles. The van der Waals surface area contributed by atoms with Crippen LogP contribution in [0.1, 0.15) is 13.3 Å². The van der Waals surface area contributed by atoms with Crippen molar-refractivity contribution >= 4 is 45.2 Å². The van der Waals surface area contributed by atoms with Crippen molar-refractivity contribution in [1.82, 2.24) is 9.80 Å². The lowest BCUT2D eigenvalue weighted by molar-refractivity contribution is 0.369. The quantitative estimate of drug-likeness (QED) is 0.238. The van der Waals surface area contributed by atoms with E-state index in [2.05, 4.69) is 61.1 Å². The van der Waals surface area contributed by atoms with Crippen molar-refractivity contribution in [3.05, 3.63) is 40.0 Å². The number of thiocarbonyl (C=S) groups is 1. The SMILES string of the molecule is CC(=C(C#N)C(=S)N=CN(C)C)N1CCCN(c2ccc(Br)cc2)CC1. The molecule has 1 fully saturated rings. The predicted molar refractivity (Wildman–Crippen MR) is 116 cm³/mol. The van der Waals surface area contributed by atoms with Crippen LogP contribution >= 0.6 is 28.1 Å². The van der Waals surface area contributed by atoms with Gasteiger partial charge in [0.05, 0.1) is 6.34 Å². The fourth-order valence-corrected chi connectivity index (χ4v) is 3.34. The number of halogens is 1. The first-order chi connectivity index (χ1) is 12.4. The Morgan fingerprint density at radius 1 is 1.23 bits per heavy atom. The van der Waals surface area contributed by atoms with E-state index >= 15 is 0 Å². The summed E-state index contributed by atoms with van der Waals surface area (Å²) in [6.07, 6.45) is 2.66. The number of nitrogens with zero attached hydrogens (tertiary/aromatic N) is 5. The molecule has 0 spiro atoms. The Morgan fingerprint density at radius 2 is 1.92 bits per heavy atom. The minimum atomic E-state index is 0.340. The molecule has 0 N–H and O–H groups in total. The number of allylic oxidation sites excluding steroid dienone is 1. The Hall–Kier alpha value is -1.91. The predicted octanol–water partition coefficient (Wildman–Crippen LogP) is 3.68. The van der Waals surface area contributed by atoms with Gasteiger partial charge in [-0.15, -0.1) is 0 Å². The van der Waals surface area contributed by atoms with Crippen LogP contribution in [-0.2, 0) is 0 Å². The fourth-order valence-electron chi connectivity index (χ4n) is 2.84. The first-order valence-electron chi connectivity index (χ1n) is 8.53. The number of nitriles is 1. The third-order valence-electron chi connectivity index (χ3n) is 4.26. The molecule has 0 aliphatic carbocycles. The normalized spacial score (nSPS) is 16.1. The van der Waals surface area contributed by atoms with E-state index in [0.29, 0.717) is 10.6 Å². The maximum atomic E-state index is 9.56. The van der Waals surface area contributed by atoms with Crippen LogP contribution in [0.4, 0.5) is 5.69 Å². The molecule has 26 heavy (non-hydrogen) atoms. The minimum absolute atomic E-state index is 0.340. The van der Waals surface area contributed by atoms with Crippen LogP contribution in [0, 0.1) is 11.3 Å². The first kappa shape index (κ1) is 20.4. The molecule has 0 aromatic heterocycles. The Labute approximate surface area is 169 Å². The van der Waals surface area contributed by atoms with Crippen molar-refractivity contribution in [1.29, 1.82) is 5.26 Å². The number of rotatable bonds is 4. The van der Waals surface area contributed by atoms with Crippen LogP contribution in [0.2, 0.25) is 0 Å². The van der Waals surface area contributed by atoms with E-state index in [1.165, 1.54) is 5.69 Å². The topological polar surface area (TPSA) is 45.9 Å². The zero-order chi connectivity index (χ0) is 19.1. The highest BCUT2D eigenvalue weighted by molar-refractivity contribution is 9.10. The molecule has 0 radical (unpaired) electrons. The number of anilines is 1. The van der Waals surface area contributed by atoms with Crippen LogP contribution in [0.5, 0.6) is 0 Å². The molecule has 1 aromatic rings. The molecule has 5 nitrogen and oxygen atoms in total. The summed E-state index contributed by atoms with van der Waals surface area (Å²) >= 11 is 8.82. The summed E-state index contributed by atoms with van der Waals surface area (Å²) in [5.74, 6) is 0. The largest absolute Gasteiger partial charge is 0.372 e. The average Bonchev–Trinajstić information content (AvgIpc) is 2.87. The monoisotopic (exact) mass is 433 g/mol. The van der Waals surface area contributed by atoms with E-state index in [1.54, 1.807) is 11.2 Å². The zero-order valence-electron chi connectivity index (χ0n) is 15.4. The van der Waals surface area contributed by atoms with Crippen molar-refractivity contribution in [2.24, 2.45) is 4.99 Å². The molecule has 1 aliphatic rings. The number of aliphatic imine (C=N–C) groups is 1. The highest BCUT2D eigenvalue weighted by Crippen LogP contribution is 2.21. The first-order valence-corrected chi connectivity index (χ1v) is 9.74. The van der Waals surface area contributed by atoms with Gasteiger partial charge in [0.2, 0.25) is 0 Å². The van der Waals surface area contributed by atoms with Crippen molar-refractivity contribution in [2.75, 3.05) is 45.2 Å². The molecule has 0 unspecified atom stereocenters. The molecule has 0 atom stereocenters. The average molecular weight is 434 g/mol. The van der Waals surface area contributed by atoms with Crippen LogP contribution in [-0.4, -0.2) is 61.4 Å². The van der Waals surface area contributed by atoms with Gasteiger partial charge in [-0.1, -0.05) is 28.1 Å². The Morgan fingerprint density at radius 3 is 2.54 bits per heavy atom. The standard InChI is InChI=1S/C19H24BrN5S/c1-15(18(13-21)19(26)22-14-23(2)3)24-9-4-10-25(12-11-24)17-7-5-16(20)6-8-17/h5-8,14H,4,9-12H2,1-3H3. The van der Waals surface area contributed by atoms with Gasteiger partial charge in [0.15, 0.2) is 0 Å². The molecule has 7 heteroatoms. The van der Waals surface area contributed by atoms with Gasteiger partial charge in [0, 0.05) is 56.1 Å². The van der Waals surface area contributed by atoms with Crippen molar-refractivity contribution in [3.8, 4) is 6.07 Å². The van der Waals surface area contributed by atoms with Crippen LogP contribution < -0.4 is 4.90 Å². The summed E-state index contributed by atoms with van der Waals surface area (Å²) in [5, 5.41) is 9.56. The summed E-state index contributed by atoms with van der Waals surface area (Å²) in [7, 11) is 3.75. The second-order valence-electron chi connectivity index (χ2n) is 6.39. The highest BCUT2D eigenvalue weighted by Gasteiger charge is 2.19. The molecule has 1 heterocycles. The third kappa shape index (κ3) is 5.55. The smallest absolute Gasteiger partial charge is 0.147 e. The summed E-state index contributed by atoms with van der Waals surface area (Å²) in [6, 6.07) is 10.6. The molecule has 0 saturated carbocycles. The second-order valence-corrected chi connectivity index (χ2v) is 7.69. The van der Waals surface area contributed by atoms with Crippen LogP contribution in [0.15, 0.2) is 45.0 Å². The van der Waals surface area contributed by atoms with Crippen LogP contribution in [0.3, 0.4) is 0 Å². The Bertz CT molecular complexity index is 733. The van der Waals surface area contributed by atoms with Crippen molar-refractivity contribution in [3.63, 3.8) is 0 Å². The lowest BCUT2D eigenvalue weighted by atomic mass is 10.2. The molecule has 2 rings (SSSR count). The molecule has 0 amide bonds. The molecule has 0 bridgehead atoms.